The number of ether oxygens (including phenoxy) is 5. The van der Waals surface area contributed by atoms with Gasteiger partial charge in [0.1, 0.15) is 42.6 Å². The molecule has 2 aliphatic rings. The number of piperidine rings is 1. The zero-order chi connectivity index (χ0) is 65.1. The van der Waals surface area contributed by atoms with Gasteiger partial charge in [0.25, 0.3) is 11.8 Å². The van der Waals surface area contributed by atoms with Crippen LogP contribution in [0.4, 0.5) is 4.39 Å². The maximum Gasteiger partial charge on any atom is 0.330 e. The van der Waals surface area contributed by atoms with Gasteiger partial charge in [0.2, 0.25) is 29.4 Å². The minimum atomic E-state index is -1.55. The number of hydrogen-bond donors (Lipinski definition) is 3. The predicted octanol–water partition coefficient (Wildman–Crippen LogP) is 6.07. The number of carbonyl (C=O) groups excluding carboxylic acids is 9. The normalized spacial score (nSPS) is 21.4. The molecule has 0 unspecified atom stereocenters. The number of amides is 6. The molecule has 1 saturated heterocycles. The molecule has 3 N–H and O–H groups in total. The number of Topliss-reactive ketones (excluding diaryl/α,β-unsaturated/α-hetero) is 1. The summed E-state index contributed by atoms with van der Waals surface area (Å²) in [5, 5.41) is 15.8. The fraction of sp³-hybridized carbons (Fsp3) is 0.397. The van der Waals surface area contributed by atoms with Crippen LogP contribution in [0, 0.1) is 11.2 Å². The zero-order valence-electron chi connectivity index (χ0n) is 51.8. The van der Waals surface area contributed by atoms with Crippen molar-refractivity contribution in [3.05, 3.63) is 167 Å². The van der Waals surface area contributed by atoms with E-state index in [1.807, 2.05) is 0 Å². The Bertz CT molecular complexity index is 3380. The van der Waals surface area contributed by atoms with Crippen LogP contribution in [0.1, 0.15) is 79.9 Å². The largest absolute Gasteiger partial charge is 0.508 e. The summed E-state index contributed by atoms with van der Waals surface area (Å²) in [6.45, 7) is 1.14. The highest BCUT2D eigenvalue weighted by Crippen LogP contribution is 2.34. The lowest BCUT2D eigenvalue weighted by atomic mass is 9.87. The highest BCUT2D eigenvalue weighted by Gasteiger charge is 2.43. The Hall–Kier alpha value is -9.60. The number of benzene rings is 5. The van der Waals surface area contributed by atoms with Gasteiger partial charge in [0, 0.05) is 59.6 Å². The Kier molecular flexibility index (Phi) is 24.2. The van der Waals surface area contributed by atoms with E-state index in [-0.39, 0.29) is 69.3 Å². The predicted molar refractivity (Wildman–Crippen MR) is 329 cm³/mol. The third-order valence-corrected chi connectivity index (χ3v) is 15.9. The molecule has 2 heterocycles. The minimum Gasteiger partial charge on any atom is -0.508 e. The van der Waals surface area contributed by atoms with Crippen molar-refractivity contribution in [2.45, 2.75) is 102 Å². The first-order chi connectivity index (χ1) is 43.0. The molecule has 7 rings (SSSR count). The number of phenolic OH excluding ortho intramolecular Hbond substituents is 1. The van der Waals surface area contributed by atoms with E-state index < -0.39 is 120 Å². The molecule has 21 nitrogen and oxygen atoms in total. The van der Waals surface area contributed by atoms with Crippen LogP contribution in [0.15, 0.2) is 133 Å². The van der Waals surface area contributed by atoms with Gasteiger partial charge in [0.05, 0.1) is 26.2 Å². The van der Waals surface area contributed by atoms with Crippen LogP contribution in [0.2, 0.25) is 0 Å². The van der Waals surface area contributed by atoms with E-state index in [2.05, 4.69) is 10.6 Å². The van der Waals surface area contributed by atoms with Crippen molar-refractivity contribution < 1.29 is 76.3 Å². The van der Waals surface area contributed by atoms with Crippen molar-refractivity contribution in [3.63, 3.8) is 0 Å². The number of fused-ring (bicyclic) bond motifs is 3. The summed E-state index contributed by atoms with van der Waals surface area (Å²) in [7, 11) is 7.23. The number of nitrogens with one attached hydrogen (secondary N) is 2. The number of ketones is 1. The summed E-state index contributed by atoms with van der Waals surface area (Å²) in [6, 6.07) is 27.7. The molecular weight excluding hydrogens is 1160 g/mol. The number of aryl methyl sites for hydroxylation is 1. The Morgan fingerprint density at radius 2 is 1.30 bits per heavy atom. The van der Waals surface area contributed by atoms with Gasteiger partial charge in [-0.25, -0.2) is 14.0 Å². The Labute approximate surface area is 523 Å². The number of methoxy groups -OCH3 is 2. The summed E-state index contributed by atoms with van der Waals surface area (Å²) in [4.78, 5) is 133. The molecule has 5 aromatic rings. The van der Waals surface area contributed by atoms with E-state index in [1.165, 1.54) is 89.4 Å². The highest BCUT2D eigenvalue weighted by molar-refractivity contribution is 6.38. The second-order valence-electron chi connectivity index (χ2n) is 23.1. The number of esters is 2. The van der Waals surface area contributed by atoms with Crippen LogP contribution in [0.3, 0.4) is 0 Å². The first-order valence-corrected chi connectivity index (χ1v) is 29.8. The summed E-state index contributed by atoms with van der Waals surface area (Å²) >= 11 is 0. The van der Waals surface area contributed by atoms with Crippen LogP contribution in [0.5, 0.6) is 23.0 Å². The highest BCUT2D eigenvalue weighted by atomic mass is 19.1. The minimum absolute atomic E-state index is 0.0355. The molecule has 2 bridgehead atoms. The lowest BCUT2D eigenvalue weighted by Crippen LogP contribution is -2.57. The molecule has 0 radical (unpaired) electrons. The topological polar surface area (TPSA) is 257 Å². The van der Waals surface area contributed by atoms with Gasteiger partial charge < -0.3 is 59.0 Å². The van der Waals surface area contributed by atoms with Gasteiger partial charge in [-0.3, -0.25) is 33.6 Å². The van der Waals surface area contributed by atoms with E-state index in [1.54, 1.807) is 91.0 Å². The lowest BCUT2D eigenvalue weighted by molar-refractivity contribution is -0.165. The average molecular weight is 1240 g/mol. The van der Waals surface area contributed by atoms with Crippen molar-refractivity contribution in [2.75, 3.05) is 68.2 Å². The molecule has 0 aliphatic carbocycles. The number of nitrogens with zero attached hydrogens (tertiary/aromatic N) is 4. The Morgan fingerprint density at radius 3 is 1.96 bits per heavy atom. The standard InChI is InChI=1S/C68H79FN6O15/c1-68(2)43-89-61(79)23-15-16-34-72(3)64(82)51(36-44-18-10-8-11-19-44)70-59(77)41-73(4)65(83)52(37-45-20-12-9-13-21-45)71-63(81)54(38-46-24-29-49(76)30-25-46)74(5)60(78)42-88-57-40-48(28-31-50(57)69)55(32-26-47-27-33-56(86-6)58(39-47)87-7)90-67(85)53-22-14-17-35-75(53)66(84)62(68)80/h8-13,15,18-21,23-25,27-31,33,39-40,51-55,76H,14,16-17,22,26,32,34-38,41-43H2,1-7H3,(H,70,77)(H,71,81)/b23-15+/t51-,52-,53+,54+,55-/m1/s1. The SMILES string of the molecule is COc1ccc(CC[C@H]2OC(=O)[C@@H]3CCCCN3C(=O)C(=O)C(C)(C)COC(=O)/C=C/CCN(C)C(=O)[C@@H](Cc3ccccc3)NC(=O)CN(C)C(=O)[C@@H](Cc3ccccc3)NC(=O)[C@H](Cc3ccc(O)cc3)N(C)C(=O)COc3cc2ccc3F)cc1OC. The second-order valence-corrected chi connectivity index (χ2v) is 23.1. The number of cyclic esters (lactones) is 2. The fourth-order valence-corrected chi connectivity index (χ4v) is 10.5. The van der Waals surface area contributed by atoms with Gasteiger partial charge in [-0.05, 0) is 117 Å². The molecular formula is C68H79FN6O15. The van der Waals surface area contributed by atoms with Gasteiger partial charge in [0.15, 0.2) is 29.7 Å². The quantitative estimate of drug-likeness (QED) is 0.100. The van der Waals surface area contributed by atoms with Crippen LogP contribution < -0.4 is 24.8 Å². The van der Waals surface area contributed by atoms with E-state index in [0.717, 1.165) is 33.1 Å². The molecule has 0 saturated carbocycles. The number of rotatable bonds is 11. The van der Waals surface area contributed by atoms with Crippen LogP contribution in [0.25, 0.3) is 0 Å². The van der Waals surface area contributed by atoms with Crippen LogP contribution in [-0.4, -0.2) is 170 Å². The molecule has 0 aromatic heterocycles. The third-order valence-electron chi connectivity index (χ3n) is 15.9. The number of carbonyl (C=O) groups is 9. The van der Waals surface area contributed by atoms with Gasteiger partial charge in [-0.1, -0.05) is 91.0 Å². The van der Waals surface area contributed by atoms with Gasteiger partial charge in [-0.2, -0.15) is 0 Å². The molecule has 2 aliphatic heterocycles. The monoisotopic (exact) mass is 1240 g/mol. The summed E-state index contributed by atoms with van der Waals surface area (Å²) < 4.78 is 44.6. The van der Waals surface area contributed by atoms with E-state index in [4.69, 9.17) is 23.7 Å². The number of likely N-dealkylation sites (N-methyl/N-ethyl adjacent to an activating group) is 3. The van der Waals surface area contributed by atoms with Crippen molar-refractivity contribution in [2.24, 2.45) is 5.41 Å². The number of phenols is 1. The van der Waals surface area contributed by atoms with Gasteiger partial charge >= 0.3 is 11.9 Å². The van der Waals surface area contributed by atoms with Crippen LogP contribution >= 0.6 is 0 Å². The second kappa shape index (κ2) is 32.0. The number of aromatic hydroxyl groups is 1. The van der Waals surface area contributed by atoms with Gasteiger partial charge in [-0.15, -0.1) is 0 Å². The Morgan fingerprint density at radius 1 is 0.678 bits per heavy atom. The molecule has 22 heteroatoms. The van der Waals surface area contributed by atoms with Crippen molar-refractivity contribution in [3.8, 4) is 23.0 Å². The average Bonchev–Trinajstić information content (AvgIpc) is 1.33. The molecule has 6 amide bonds. The van der Waals surface area contributed by atoms with E-state index >= 15 is 4.39 Å². The first-order valence-electron chi connectivity index (χ1n) is 29.8. The summed E-state index contributed by atoms with van der Waals surface area (Å²) in [6.07, 6.45) is 3.01. The van der Waals surface area contributed by atoms with Crippen molar-refractivity contribution in [1.29, 1.82) is 0 Å². The molecule has 90 heavy (non-hydrogen) atoms. The molecule has 478 valence electrons. The van der Waals surface area contributed by atoms with Crippen molar-refractivity contribution in [1.82, 2.24) is 30.2 Å². The smallest absolute Gasteiger partial charge is 0.330 e. The Balaban J connectivity index is 1.23. The maximum atomic E-state index is 16.0. The zero-order valence-corrected chi connectivity index (χ0v) is 51.8. The van der Waals surface area contributed by atoms with Crippen LogP contribution in [-0.2, 0) is 78.3 Å². The molecule has 0 spiro atoms. The lowest BCUT2D eigenvalue weighted by Gasteiger charge is -2.36. The summed E-state index contributed by atoms with van der Waals surface area (Å²) in [5.41, 5.74) is 1.32. The maximum absolute atomic E-state index is 16.0. The van der Waals surface area contributed by atoms with Crippen molar-refractivity contribution >= 4 is 53.2 Å². The first kappa shape index (κ1) is 67.9. The fourth-order valence-electron chi connectivity index (χ4n) is 10.5. The van der Waals surface area contributed by atoms with E-state index in [0.29, 0.717) is 35.5 Å². The molecule has 1 fully saturated rings. The number of halogens is 1. The molecule has 5 atom stereocenters. The third kappa shape index (κ3) is 18.7. The van der Waals surface area contributed by atoms with E-state index in [9.17, 15) is 48.3 Å². The molecule has 5 aromatic carbocycles. The number of hydrogen-bond acceptors (Lipinski definition) is 15. The summed E-state index contributed by atoms with van der Waals surface area (Å²) in [5.74, 6) is -7.47.